The van der Waals surface area contributed by atoms with Gasteiger partial charge in [-0.15, -0.1) is 0 Å². The third-order valence-electron chi connectivity index (χ3n) is 3.29. The van der Waals surface area contributed by atoms with Crippen LogP contribution in [0.2, 0.25) is 0 Å². The summed E-state index contributed by atoms with van der Waals surface area (Å²) in [7, 11) is 3.23. The molecule has 1 aromatic rings. The van der Waals surface area contributed by atoms with Gasteiger partial charge in [0.25, 0.3) is 0 Å². The highest BCUT2D eigenvalue weighted by Gasteiger charge is 2.04. The first kappa shape index (κ1) is 19.1. The highest BCUT2D eigenvalue weighted by Crippen LogP contribution is 2.27. The third kappa shape index (κ3) is 7.74. The first-order valence-corrected chi connectivity index (χ1v) is 8.03. The first-order valence-electron chi connectivity index (χ1n) is 8.03. The van der Waals surface area contributed by atoms with Crippen LogP contribution in [0, 0.1) is 0 Å². The molecule has 0 saturated heterocycles. The molecule has 130 valence electrons. The van der Waals surface area contributed by atoms with Crippen LogP contribution in [-0.4, -0.2) is 39.9 Å². The molecule has 0 aliphatic rings. The van der Waals surface area contributed by atoms with E-state index in [1.807, 2.05) is 18.2 Å². The predicted molar refractivity (Wildman–Crippen MR) is 93.2 cm³/mol. The summed E-state index contributed by atoms with van der Waals surface area (Å²) in [6.45, 7) is 4.98. The number of benzene rings is 1. The maximum atomic E-state index is 5.85. The van der Waals surface area contributed by atoms with Crippen molar-refractivity contribution in [1.82, 2.24) is 5.32 Å². The average Bonchev–Trinajstić information content (AvgIpc) is 2.58. The van der Waals surface area contributed by atoms with Crippen molar-refractivity contribution in [1.29, 1.82) is 0 Å². The highest BCUT2D eigenvalue weighted by molar-refractivity contribution is 5.77. The van der Waals surface area contributed by atoms with Gasteiger partial charge in [-0.05, 0) is 30.5 Å². The zero-order valence-electron chi connectivity index (χ0n) is 14.4. The Bertz CT molecular complexity index is 478. The molecule has 6 nitrogen and oxygen atoms in total. The van der Waals surface area contributed by atoms with Crippen molar-refractivity contribution in [2.75, 3.05) is 34.0 Å². The Morgan fingerprint density at radius 2 is 1.87 bits per heavy atom. The lowest BCUT2D eigenvalue weighted by Crippen LogP contribution is -2.32. The van der Waals surface area contributed by atoms with E-state index >= 15 is 0 Å². The van der Waals surface area contributed by atoms with E-state index in [4.69, 9.17) is 19.9 Å². The topological polar surface area (TPSA) is 78.1 Å². The summed E-state index contributed by atoms with van der Waals surface area (Å²) in [4.78, 5) is 4.32. The fourth-order valence-electron chi connectivity index (χ4n) is 1.95. The lowest BCUT2D eigenvalue weighted by molar-refractivity contribution is 0.129. The summed E-state index contributed by atoms with van der Waals surface area (Å²) < 4.78 is 16.0. The molecular formula is C17H29N3O3. The second kappa shape index (κ2) is 11.6. The van der Waals surface area contributed by atoms with Gasteiger partial charge in [-0.1, -0.05) is 19.4 Å². The minimum Gasteiger partial charge on any atom is -0.493 e. The molecule has 0 aromatic heterocycles. The summed E-state index contributed by atoms with van der Waals surface area (Å²) in [6, 6.07) is 5.71. The Kier molecular flexibility index (Phi) is 9.63. The lowest BCUT2D eigenvalue weighted by Gasteiger charge is -2.09. The molecule has 0 aliphatic carbocycles. The van der Waals surface area contributed by atoms with Gasteiger partial charge in [0.05, 0.1) is 20.8 Å². The Labute approximate surface area is 139 Å². The van der Waals surface area contributed by atoms with Gasteiger partial charge in [-0.25, -0.2) is 4.99 Å². The Balaban J connectivity index is 2.30. The predicted octanol–water partition coefficient (Wildman–Crippen LogP) is 2.31. The molecule has 0 radical (unpaired) electrons. The van der Waals surface area contributed by atoms with E-state index < -0.39 is 0 Å². The van der Waals surface area contributed by atoms with Crippen molar-refractivity contribution in [3.63, 3.8) is 0 Å². The SMILES string of the molecule is CCCCOCCCNC(N)=NCc1ccc(OC)c(OC)c1. The fourth-order valence-corrected chi connectivity index (χ4v) is 1.95. The fraction of sp³-hybridized carbons (Fsp3) is 0.588. The molecule has 1 aromatic carbocycles. The number of nitrogens with zero attached hydrogens (tertiary/aromatic N) is 1. The summed E-state index contributed by atoms with van der Waals surface area (Å²) in [6.07, 6.45) is 3.19. The molecule has 0 fully saturated rings. The molecule has 0 spiro atoms. The number of rotatable bonds is 11. The van der Waals surface area contributed by atoms with Gasteiger partial charge >= 0.3 is 0 Å². The van der Waals surface area contributed by atoms with Gasteiger partial charge in [-0.2, -0.15) is 0 Å². The quantitative estimate of drug-likeness (QED) is 0.371. The van der Waals surface area contributed by atoms with Crippen molar-refractivity contribution >= 4 is 5.96 Å². The van der Waals surface area contributed by atoms with Crippen molar-refractivity contribution < 1.29 is 14.2 Å². The van der Waals surface area contributed by atoms with E-state index in [0.29, 0.717) is 24.0 Å². The molecule has 0 bridgehead atoms. The van der Waals surface area contributed by atoms with Gasteiger partial charge in [0, 0.05) is 19.8 Å². The van der Waals surface area contributed by atoms with Crippen molar-refractivity contribution in [3.8, 4) is 11.5 Å². The van der Waals surface area contributed by atoms with Crippen LogP contribution in [0.3, 0.4) is 0 Å². The molecule has 1 rings (SSSR count). The van der Waals surface area contributed by atoms with E-state index in [2.05, 4.69) is 17.2 Å². The Morgan fingerprint density at radius 1 is 1.13 bits per heavy atom. The lowest BCUT2D eigenvalue weighted by atomic mass is 10.2. The molecule has 23 heavy (non-hydrogen) atoms. The first-order chi connectivity index (χ1) is 11.2. The van der Waals surface area contributed by atoms with Gasteiger partial charge in [0.15, 0.2) is 17.5 Å². The normalized spacial score (nSPS) is 11.3. The van der Waals surface area contributed by atoms with Crippen LogP contribution in [0.1, 0.15) is 31.7 Å². The molecule has 0 unspecified atom stereocenters. The second-order valence-corrected chi connectivity index (χ2v) is 5.14. The number of ether oxygens (including phenoxy) is 3. The third-order valence-corrected chi connectivity index (χ3v) is 3.29. The monoisotopic (exact) mass is 323 g/mol. The van der Waals surface area contributed by atoms with Crippen LogP contribution < -0.4 is 20.5 Å². The smallest absolute Gasteiger partial charge is 0.188 e. The number of unbranched alkanes of at least 4 members (excludes halogenated alkanes) is 1. The standard InChI is InChI=1S/C17H29N3O3/c1-4-5-10-23-11-6-9-19-17(18)20-13-14-7-8-15(21-2)16(12-14)22-3/h7-8,12H,4-6,9-11,13H2,1-3H3,(H3,18,19,20). The summed E-state index contributed by atoms with van der Waals surface area (Å²) in [5.74, 6) is 1.83. The van der Waals surface area contributed by atoms with Gasteiger partial charge in [0.2, 0.25) is 0 Å². The summed E-state index contributed by atoms with van der Waals surface area (Å²) in [5.41, 5.74) is 6.86. The van der Waals surface area contributed by atoms with E-state index in [1.165, 1.54) is 0 Å². The average molecular weight is 323 g/mol. The number of nitrogens with two attached hydrogens (primary N) is 1. The van der Waals surface area contributed by atoms with E-state index in [-0.39, 0.29) is 0 Å². The maximum Gasteiger partial charge on any atom is 0.188 e. The van der Waals surface area contributed by atoms with E-state index in [9.17, 15) is 0 Å². The number of guanidine groups is 1. The van der Waals surface area contributed by atoms with Gasteiger partial charge < -0.3 is 25.3 Å². The minimum absolute atomic E-state index is 0.438. The van der Waals surface area contributed by atoms with Crippen molar-refractivity contribution in [2.24, 2.45) is 10.7 Å². The number of nitrogens with one attached hydrogen (secondary N) is 1. The van der Waals surface area contributed by atoms with Crippen LogP contribution in [0.25, 0.3) is 0 Å². The zero-order valence-corrected chi connectivity index (χ0v) is 14.4. The molecule has 6 heteroatoms. The molecule has 0 atom stereocenters. The minimum atomic E-state index is 0.438. The van der Waals surface area contributed by atoms with Gasteiger partial charge in [0.1, 0.15) is 0 Å². The van der Waals surface area contributed by atoms with Crippen molar-refractivity contribution in [3.05, 3.63) is 23.8 Å². The highest BCUT2D eigenvalue weighted by atomic mass is 16.5. The molecule has 0 saturated carbocycles. The van der Waals surface area contributed by atoms with Crippen LogP contribution >= 0.6 is 0 Å². The summed E-state index contributed by atoms with van der Waals surface area (Å²) in [5, 5.41) is 3.09. The molecule has 0 heterocycles. The second-order valence-electron chi connectivity index (χ2n) is 5.14. The Hall–Kier alpha value is -1.95. The van der Waals surface area contributed by atoms with Gasteiger partial charge in [-0.3, -0.25) is 0 Å². The van der Waals surface area contributed by atoms with Crippen LogP contribution in [0.5, 0.6) is 11.5 Å². The molecule has 0 aliphatic heterocycles. The van der Waals surface area contributed by atoms with Crippen LogP contribution in [0.15, 0.2) is 23.2 Å². The Morgan fingerprint density at radius 3 is 2.57 bits per heavy atom. The molecular weight excluding hydrogens is 294 g/mol. The van der Waals surface area contributed by atoms with Crippen LogP contribution in [-0.2, 0) is 11.3 Å². The van der Waals surface area contributed by atoms with Crippen LogP contribution in [0.4, 0.5) is 0 Å². The zero-order chi connectivity index (χ0) is 16.9. The number of hydrogen-bond acceptors (Lipinski definition) is 4. The number of hydrogen-bond donors (Lipinski definition) is 2. The van der Waals surface area contributed by atoms with Crippen molar-refractivity contribution in [2.45, 2.75) is 32.7 Å². The molecule has 3 N–H and O–H groups in total. The number of aliphatic imine (C=N–C) groups is 1. The van der Waals surface area contributed by atoms with E-state index in [1.54, 1.807) is 14.2 Å². The maximum absolute atomic E-state index is 5.85. The summed E-state index contributed by atoms with van der Waals surface area (Å²) >= 11 is 0. The largest absolute Gasteiger partial charge is 0.493 e. The molecule has 0 amide bonds. The van der Waals surface area contributed by atoms with E-state index in [0.717, 1.165) is 44.6 Å². The number of methoxy groups -OCH3 is 2.